The number of phosphoric acid groups is 1. The van der Waals surface area contributed by atoms with E-state index in [2.05, 4.69) is 50.3 Å². The van der Waals surface area contributed by atoms with Crippen molar-refractivity contribution >= 4 is 19.8 Å². The first kappa shape index (κ1) is 42.2. The zero-order valence-electron chi connectivity index (χ0n) is 27.6. The van der Waals surface area contributed by atoms with Crippen molar-refractivity contribution in [2.75, 3.05) is 26.4 Å². The van der Waals surface area contributed by atoms with Crippen LogP contribution in [0.1, 0.15) is 136 Å². The van der Waals surface area contributed by atoms with E-state index in [0.29, 0.717) is 6.42 Å². The fourth-order valence-corrected chi connectivity index (χ4v) is 4.99. The van der Waals surface area contributed by atoms with E-state index < -0.39 is 32.5 Å². The molecule has 256 valence electrons. The summed E-state index contributed by atoms with van der Waals surface area (Å²) >= 11 is 0. The number of hydrogen-bond acceptors (Lipinski definition) is 8. The molecule has 0 saturated carbocycles. The average Bonchev–Trinajstić information content (AvgIpc) is 3.00. The Morgan fingerprint density at radius 1 is 0.682 bits per heavy atom. The molecule has 0 aromatic carbocycles. The van der Waals surface area contributed by atoms with Gasteiger partial charge in [0, 0.05) is 19.4 Å². The summed E-state index contributed by atoms with van der Waals surface area (Å²) in [5.41, 5.74) is 5.31. The summed E-state index contributed by atoms with van der Waals surface area (Å²) in [5, 5.41) is 0. The Balaban J connectivity index is 4.36. The summed E-state index contributed by atoms with van der Waals surface area (Å²) in [4.78, 5) is 34.4. The van der Waals surface area contributed by atoms with Gasteiger partial charge in [-0.1, -0.05) is 108 Å². The van der Waals surface area contributed by atoms with Gasteiger partial charge in [0.15, 0.2) is 6.10 Å². The predicted octanol–water partition coefficient (Wildman–Crippen LogP) is 8.65. The minimum absolute atomic E-state index is 0.0470. The standard InChI is InChI=1S/C34H62NO8P/c1-3-5-7-9-11-13-14-15-16-17-18-19-21-23-25-27-34(37)43-32(31-42-44(38,39)41-29-28-35)30-40-33(36)26-24-22-20-12-10-8-6-4-2/h11,13,15-16,18-19,32H,3-10,12,14,17,20-31,35H2,1-2H3,(H,38,39)/b13-11+,16-15+,19-18+/t32-/m1/s1. The molecule has 0 radical (unpaired) electrons. The van der Waals surface area contributed by atoms with Gasteiger partial charge < -0.3 is 20.1 Å². The number of hydrogen-bond donors (Lipinski definition) is 2. The minimum Gasteiger partial charge on any atom is -0.462 e. The summed E-state index contributed by atoms with van der Waals surface area (Å²) < 4.78 is 32.4. The van der Waals surface area contributed by atoms with Gasteiger partial charge in [-0.25, -0.2) is 4.57 Å². The smallest absolute Gasteiger partial charge is 0.462 e. The van der Waals surface area contributed by atoms with Gasteiger partial charge in [-0.05, 0) is 51.4 Å². The number of ether oxygens (including phenoxy) is 2. The lowest BCUT2D eigenvalue weighted by atomic mass is 10.1. The molecule has 1 unspecified atom stereocenters. The highest BCUT2D eigenvalue weighted by Crippen LogP contribution is 2.43. The zero-order valence-corrected chi connectivity index (χ0v) is 28.5. The number of allylic oxidation sites excluding steroid dienone is 6. The van der Waals surface area contributed by atoms with Crippen LogP contribution in [0.4, 0.5) is 0 Å². The van der Waals surface area contributed by atoms with Crippen LogP contribution in [0.2, 0.25) is 0 Å². The van der Waals surface area contributed by atoms with Gasteiger partial charge in [-0.2, -0.15) is 0 Å². The molecular weight excluding hydrogens is 581 g/mol. The normalized spacial score (nSPS) is 14.0. The maximum atomic E-state index is 12.4. The van der Waals surface area contributed by atoms with Crippen molar-refractivity contribution < 1.29 is 37.6 Å². The van der Waals surface area contributed by atoms with Crippen molar-refractivity contribution in [2.45, 2.75) is 142 Å². The molecule has 10 heteroatoms. The van der Waals surface area contributed by atoms with E-state index in [1.165, 1.54) is 51.4 Å². The number of rotatable bonds is 31. The zero-order chi connectivity index (χ0) is 32.6. The Morgan fingerprint density at radius 3 is 1.80 bits per heavy atom. The van der Waals surface area contributed by atoms with E-state index >= 15 is 0 Å². The maximum absolute atomic E-state index is 12.4. The number of unbranched alkanes of at least 4 members (excludes halogenated alkanes) is 12. The van der Waals surface area contributed by atoms with Crippen LogP contribution in [0, 0.1) is 0 Å². The van der Waals surface area contributed by atoms with Crippen LogP contribution < -0.4 is 5.73 Å². The molecule has 0 aliphatic carbocycles. The second-order valence-corrected chi connectivity index (χ2v) is 12.5. The number of esters is 2. The van der Waals surface area contributed by atoms with Gasteiger partial charge in [0.25, 0.3) is 0 Å². The highest BCUT2D eigenvalue weighted by molar-refractivity contribution is 7.47. The van der Waals surface area contributed by atoms with E-state index in [1.807, 2.05) is 0 Å². The molecule has 0 fully saturated rings. The summed E-state index contributed by atoms with van der Waals surface area (Å²) in [5.74, 6) is -0.882. The second kappa shape index (κ2) is 31.2. The number of phosphoric ester groups is 1. The number of nitrogens with two attached hydrogens (primary N) is 1. The van der Waals surface area contributed by atoms with E-state index in [4.69, 9.17) is 24.3 Å². The minimum atomic E-state index is -4.37. The Kier molecular flexibility index (Phi) is 30.0. The highest BCUT2D eigenvalue weighted by Gasteiger charge is 2.25. The largest absolute Gasteiger partial charge is 0.472 e. The molecule has 0 aliphatic heterocycles. The lowest BCUT2D eigenvalue weighted by molar-refractivity contribution is -0.161. The summed E-state index contributed by atoms with van der Waals surface area (Å²) in [6, 6.07) is 0. The molecule has 3 N–H and O–H groups in total. The Bertz CT molecular complexity index is 830. The molecule has 0 rings (SSSR count). The first-order chi connectivity index (χ1) is 21.3. The van der Waals surface area contributed by atoms with Gasteiger partial charge in [-0.3, -0.25) is 18.6 Å². The van der Waals surface area contributed by atoms with Crippen LogP contribution in [0.15, 0.2) is 36.5 Å². The summed E-state index contributed by atoms with van der Waals surface area (Å²) in [7, 11) is -4.37. The van der Waals surface area contributed by atoms with Crippen LogP contribution in [0.3, 0.4) is 0 Å². The van der Waals surface area contributed by atoms with Crippen LogP contribution in [0.5, 0.6) is 0 Å². The molecule has 0 bridgehead atoms. The van der Waals surface area contributed by atoms with Crippen molar-refractivity contribution in [2.24, 2.45) is 5.73 Å². The van der Waals surface area contributed by atoms with Gasteiger partial charge >= 0.3 is 19.8 Å². The van der Waals surface area contributed by atoms with Crippen molar-refractivity contribution in [1.82, 2.24) is 0 Å². The van der Waals surface area contributed by atoms with E-state index in [0.717, 1.165) is 51.4 Å². The van der Waals surface area contributed by atoms with Gasteiger partial charge in [0.1, 0.15) is 6.61 Å². The van der Waals surface area contributed by atoms with Crippen LogP contribution >= 0.6 is 7.82 Å². The monoisotopic (exact) mass is 643 g/mol. The lowest BCUT2D eigenvalue weighted by Crippen LogP contribution is -2.29. The molecule has 0 aromatic heterocycles. The maximum Gasteiger partial charge on any atom is 0.472 e. The van der Waals surface area contributed by atoms with E-state index in [-0.39, 0.29) is 32.6 Å². The van der Waals surface area contributed by atoms with Crippen molar-refractivity contribution in [3.8, 4) is 0 Å². The third-order valence-electron chi connectivity index (χ3n) is 6.78. The van der Waals surface area contributed by atoms with Gasteiger partial charge in [-0.15, -0.1) is 0 Å². The fourth-order valence-electron chi connectivity index (χ4n) is 4.23. The lowest BCUT2D eigenvalue weighted by Gasteiger charge is -2.19. The van der Waals surface area contributed by atoms with Crippen LogP contribution in [0.25, 0.3) is 0 Å². The van der Waals surface area contributed by atoms with Crippen molar-refractivity contribution in [1.29, 1.82) is 0 Å². The average molecular weight is 644 g/mol. The molecule has 0 spiro atoms. The van der Waals surface area contributed by atoms with Crippen molar-refractivity contribution in [3.63, 3.8) is 0 Å². The third kappa shape index (κ3) is 30.3. The summed E-state index contributed by atoms with van der Waals surface area (Å²) in [6.45, 7) is 3.59. The second-order valence-electron chi connectivity index (χ2n) is 11.0. The Morgan fingerprint density at radius 2 is 1.18 bits per heavy atom. The van der Waals surface area contributed by atoms with E-state index in [9.17, 15) is 19.0 Å². The fraction of sp³-hybridized carbons (Fsp3) is 0.765. The number of carbonyl (C=O) groups excluding carboxylic acids is 2. The van der Waals surface area contributed by atoms with Gasteiger partial charge in [0.2, 0.25) is 0 Å². The first-order valence-corrected chi connectivity index (χ1v) is 18.5. The molecule has 0 heterocycles. The highest BCUT2D eigenvalue weighted by atomic mass is 31.2. The predicted molar refractivity (Wildman–Crippen MR) is 178 cm³/mol. The first-order valence-electron chi connectivity index (χ1n) is 17.0. The van der Waals surface area contributed by atoms with Crippen LogP contribution in [-0.4, -0.2) is 49.3 Å². The third-order valence-corrected chi connectivity index (χ3v) is 7.76. The molecule has 9 nitrogen and oxygen atoms in total. The number of carbonyl (C=O) groups is 2. The molecule has 0 aromatic rings. The Labute approximate surface area is 267 Å². The molecule has 0 amide bonds. The molecule has 44 heavy (non-hydrogen) atoms. The Hall–Kier alpha value is -1.77. The van der Waals surface area contributed by atoms with E-state index in [1.54, 1.807) is 0 Å². The summed E-state index contributed by atoms with van der Waals surface area (Å²) in [6.07, 6.45) is 30.5. The topological polar surface area (TPSA) is 134 Å². The van der Waals surface area contributed by atoms with Crippen LogP contribution in [-0.2, 0) is 32.7 Å². The molecular formula is C34H62NO8P. The molecule has 0 saturated heterocycles. The van der Waals surface area contributed by atoms with Gasteiger partial charge in [0.05, 0.1) is 13.2 Å². The van der Waals surface area contributed by atoms with Crippen molar-refractivity contribution in [3.05, 3.63) is 36.5 Å². The quantitative estimate of drug-likeness (QED) is 0.0329. The molecule has 0 aliphatic rings. The SMILES string of the molecule is CCCCC/C=C/C/C=C/C/C=C/CCCCC(=O)O[C@H](COC(=O)CCCCCCCCCC)COP(=O)(O)OCCN. The molecule has 2 atom stereocenters.